The van der Waals surface area contributed by atoms with Crippen LogP contribution in [0.1, 0.15) is 60.9 Å². The lowest BCUT2D eigenvalue weighted by molar-refractivity contribution is -0.137. The molecule has 0 N–H and O–H groups in total. The van der Waals surface area contributed by atoms with Gasteiger partial charge < -0.3 is 4.74 Å². The standard InChI is InChI=1S/C16H20O3S/c1-2-19-16(18)15(17)12-8-9-13(14(20)10-12)11-6-4-3-5-7-11/h8-11,20H,2-7H2,1H3. The van der Waals surface area contributed by atoms with E-state index in [0.717, 1.165) is 4.90 Å². The fraction of sp³-hybridized carbons (Fsp3) is 0.500. The Morgan fingerprint density at radius 2 is 1.95 bits per heavy atom. The van der Waals surface area contributed by atoms with Gasteiger partial charge in [0.1, 0.15) is 0 Å². The molecule has 0 aromatic heterocycles. The maximum Gasteiger partial charge on any atom is 0.379 e. The molecule has 0 atom stereocenters. The molecule has 1 aliphatic carbocycles. The number of thiol groups is 1. The first-order valence-corrected chi connectivity index (χ1v) is 7.62. The molecule has 0 amide bonds. The smallest absolute Gasteiger partial charge is 0.379 e. The summed E-state index contributed by atoms with van der Waals surface area (Å²) in [7, 11) is 0. The Kier molecular flexibility index (Phi) is 5.24. The highest BCUT2D eigenvalue weighted by Crippen LogP contribution is 2.35. The zero-order valence-electron chi connectivity index (χ0n) is 11.7. The summed E-state index contributed by atoms with van der Waals surface area (Å²) >= 11 is 4.49. The van der Waals surface area contributed by atoms with Crippen molar-refractivity contribution in [2.24, 2.45) is 0 Å². The Morgan fingerprint density at radius 3 is 2.55 bits per heavy atom. The maximum atomic E-state index is 11.9. The molecule has 0 aliphatic heterocycles. The highest BCUT2D eigenvalue weighted by atomic mass is 32.1. The number of Topliss-reactive ketones (excluding diaryl/α,β-unsaturated/α-hetero) is 1. The van der Waals surface area contributed by atoms with Gasteiger partial charge in [0.25, 0.3) is 5.78 Å². The quantitative estimate of drug-likeness (QED) is 0.397. The lowest BCUT2D eigenvalue weighted by atomic mass is 9.83. The van der Waals surface area contributed by atoms with Crippen molar-refractivity contribution in [2.75, 3.05) is 6.61 Å². The molecule has 3 nitrogen and oxygen atoms in total. The summed E-state index contributed by atoms with van der Waals surface area (Å²) < 4.78 is 4.73. The first kappa shape index (κ1) is 15.1. The number of carbonyl (C=O) groups is 2. The molecule has 1 aromatic carbocycles. The lowest BCUT2D eigenvalue weighted by Gasteiger charge is -2.23. The van der Waals surface area contributed by atoms with E-state index < -0.39 is 11.8 Å². The molecule has 1 aromatic rings. The van der Waals surface area contributed by atoms with Gasteiger partial charge >= 0.3 is 5.97 Å². The molecule has 2 rings (SSSR count). The number of esters is 1. The van der Waals surface area contributed by atoms with Gasteiger partial charge in [-0.1, -0.05) is 31.4 Å². The Labute approximate surface area is 125 Å². The molecule has 0 unspecified atom stereocenters. The van der Waals surface area contributed by atoms with Crippen molar-refractivity contribution in [1.82, 2.24) is 0 Å². The molecule has 0 saturated heterocycles. The Hall–Kier alpha value is -1.29. The summed E-state index contributed by atoms with van der Waals surface area (Å²) in [4.78, 5) is 24.1. The van der Waals surface area contributed by atoms with E-state index in [-0.39, 0.29) is 6.61 Å². The minimum atomic E-state index is -0.800. The lowest BCUT2D eigenvalue weighted by Crippen LogP contribution is -2.17. The van der Waals surface area contributed by atoms with Gasteiger partial charge in [0.2, 0.25) is 0 Å². The number of hydrogen-bond acceptors (Lipinski definition) is 4. The van der Waals surface area contributed by atoms with Crippen LogP contribution in [0.4, 0.5) is 0 Å². The van der Waals surface area contributed by atoms with Crippen molar-refractivity contribution in [3.63, 3.8) is 0 Å². The van der Waals surface area contributed by atoms with E-state index in [1.807, 2.05) is 6.07 Å². The van der Waals surface area contributed by atoms with Gasteiger partial charge in [0, 0.05) is 10.5 Å². The summed E-state index contributed by atoms with van der Waals surface area (Å²) in [6.45, 7) is 1.89. The van der Waals surface area contributed by atoms with Crippen molar-refractivity contribution >= 4 is 24.4 Å². The SMILES string of the molecule is CCOC(=O)C(=O)c1ccc(C2CCCCC2)c(S)c1. The number of hydrogen-bond donors (Lipinski definition) is 1. The average Bonchev–Trinajstić information content (AvgIpc) is 2.47. The van der Waals surface area contributed by atoms with Crippen LogP contribution in [0.25, 0.3) is 0 Å². The predicted molar refractivity (Wildman–Crippen MR) is 80.5 cm³/mol. The minimum absolute atomic E-state index is 0.207. The third-order valence-corrected chi connectivity index (χ3v) is 4.19. The van der Waals surface area contributed by atoms with Gasteiger partial charge in [0.15, 0.2) is 0 Å². The second-order valence-corrected chi connectivity index (χ2v) is 5.64. The van der Waals surface area contributed by atoms with Crippen molar-refractivity contribution in [3.8, 4) is 0 Å². The summed E-state index contributed by atoms with van der Waals surface area (Å²) in [5.74, 6) is -0.869. The highest BCUT2D eigenvalue weighted by molar-refractivity contribution is 7.80. The zero-order valence-corrected chi connectivity index (χ0v) is 12.6. The van der Waals surface area contributed by atoms with Gasteiger partial charge in [-0.15, -0.1) is 12.6 Å². The van der Waals surface area contributed by atoms with E-state index in [2.05, 4.69) is 12.6 Å². The van der Waals surface area contributed by atoms with Gasteiger partial charge in [0.05, 0.1) is 6.61 Å². The van der Waals surface area contributed by atoms with Crippen LogP contribution in [0, 0.1) is 0 Å². The summed E-state index contributed by atoms with van der Waals surface area (Å²) in [6.07, 6.45) is 6.16. The third kappa shape index (κ3) is 3.42. The topological polar surface area (TPSA) is 43.4 Å². The second kappa shape index (κ2) is 6.93. The predicted octanol–water partition coefficient (Wildman–Crippen LogP) is 3.77. The molecule has 4 heteroatoms. The van der Waals surface area contributed by atoms with Crippen LogP contribution < -0.4 is 0 Å². The van der Waals surface area contributed by atoms with Gasteiger partial charge in [-0.25, -0.2) is 4.79 Å². The van der Waals surface area contributed by atoms with Gasteiger partial charge in [-0.3, -0.25) is 4.79 Å². The van der Waals surface area contributed by atoms with E-state index in [0.29, 0.717) is 11.5 Å². The molecule has 20 heavy (non-hydrogen) atoms. The van der Waals surface area contributed by atoms with Crippen molar-refractivity contribution in [2.45, 2.75) is 49.8 Å². The Morgan fingerprint density at radius 1 is 1.25 bits per heavy atom. The largest absolute Gasteiger partial charge is 0.460 e. The van der Waals surface area contributed by atoms with Gasteiger partial charge in [-0.2, -0.15) is 0 Å². The molecule has 0 bridgehead atoms. The van der Waals surface area contributed by atoms with Crippen LogP contribution in [0.2, 0.25) is 0 Å². The van der Waals surface area contributed by atoms with Crippen molar-refractivity contribution in [3.05, 3.63) is 29.3 Å². The van der Waals surface area contributed by atoms with Crippen LogP contribution in [0.15, 0.2) is 23.1 Å². The Bertz CT molecular complexity index is 504. The van der Waals surface area contributed by atoms with E-state index in [9.17, 15) is 9.59 Å². The number of ether oxygens (including phenoxy) is 1. The molecule has 1 saturated carbocycles. The summed E-state index contributed by atoms with van der Waals surface area (Å²) in [5.41, 5.74) is 1.54. The number of rotatable bonds is 4. The third-order valence-electron chi connectivity index (χ3n) is 3.80. The molecule has 1 fully saturated rings. The molecule has 0 spiro atoms. The minimum Gasteiger partial charge on any atom is -0.460 e. The molecular weight excluding hydrogens is 272 g/mol. The molecule has 0 heterocycles. The molecule has 108 valence electrons. The van der Waals surface area contributed by atoms with Crippen LogP contribution in [0.5, 0.6) is 0 Å². The van der Waals surface area contributed by atoms with Crippen LogP contribution in [0.3, 0.4) is 0 Å². The molecule has 0 radical (unpaired) electrons. The molecule has 1 aliphatic rings. The van der Waals surface area contributed by atoms with Crippen LogP contribution in [-0.4, -0.2) is 18.4 Å². The van der Waals surface area contributed by atoms with E-state index in [4.69, 9.17) is 4.74 Å². The van der Waals surface area contributed by atoms with Crippen LogP contribution >= 0.6 is 12.6 Å². The van der Waals surface area contributed by atoms with Crippen molar-refractivity contribution in [1.29, 1.82) is 0 Å². The zero-order chi connectivity index (χ0) is 14.5. The summed E-state index contributed by atoms with van der Waals surface area (Å²) in [6, 6.07) is 5.33. The first-order chi connectivity index (χ1) is 9.63. The van der Waals surface area contributed by atoms with E-state index in [1.165, 1.54) is 37.7 Å². The number of ketones is 1. The maximum absolute atomic E-state index is 11.9. The average molecular weight is 292 g/mol. The molecular formula is C16H20O3S. The Balaban J connectivity index is 2.16. The first-order valence-electron chi connectivity index (χ1n) is 7.17. The fourth-order valence-corrected chi connectivity index (χ4v) is 3.15. The monoisotopic (exact) mass is 292 g/mol. The van der Waals surface area contributed by atoms with Crippen LogP contribution in [-0.2, 0) is 9.53 Å². The summed E-state index contributed by atoms with van der Waals surface area (Å²) in [5, 5.41) is 0. The van der Waals surface area contributed by atoms with E-state index in [1.54, 1.807) is 19.1 Å². The number of benzene rings is 1. The normalized spacial score (nSPS) is 15.9. The highest BCUT2D eigenvalue weighted by Gasteiger charge is 2.21. The number of carbonyl (C=O) groups excluding carboxylic acids is 2. The van der Waals surface area contributed by atoms with Gasteiger partial charge in [-0.05, 0) is 37.3 Å². The second-order valence-electron chi connectivity index (χ2n) is 5.16. The van der Waals surface area contributed by atoms with Crippen molar-refractivity contribution < 1.29 is 14.3 Å². The van der Waals surface area contributed by atoms with E-state index >= 15 is 0 Å². The fourth-order valence-electron chi connectivity index (χ4n) is 2.76.